The van der Waals surface area contributed by atoms with Crippen LogP contribution in [-0.2, 0) is 22.1 Å². The number of nitrogens with two attached hydrogens (primary N) is 1. The molecule has 1 heterocycles. The van der Waals surface area contributed by atoms with Crippen molar-refractivity contribution in [1.29, 1.82) is 0 Å². The highest BCUT2D eigenvalue weighted by Gasteiger charge is 2.19. The standard InChI is InChI=1S/C13H17N3O2S/c1-3-16-8-11(7-15-16)9-19(17,18)12-6-4-5-10(2)13(12)14/h4-8H,3,9,14H2,1-2H3. The quantitative estimate of drug-likeness (QED) is 0.865. The minimum atomic E-state index is -3.44. The molecule has 2 rings (SSSR count). The number of nitrogens with zero attached hydrogens (tertiary/aromatic N) is 2. The lowest BCUT2D eigenvalue weighted by Gasteiger charge is -2.08. The summed E-state index contributed by atoms with van der Waals surface area (Å²) in [6.07, 6.45) is 3.32. The summed E-state index contributed by atoms with van der Waals surface area (Å²) in [5, 5.41) is 4.07. The fraction of sp³-hybridized carbons (Fsp3) is 0.308. The Bertz CT molecular complexity index is 690. The zero-order valence-electron chi connectivity index (χ0n) is 11.0. The van der Waals surface area contributed by atoms with Crippen LogP contribution in [0.15, 0.2) is 35.5 Å². The van der Waals surface area contributed by atoms with Crippen molar-refractivity contribution < 1.29 is 8.42 Å². The lowest BCUT2D eigenvalue weighted by atomic mass is 10.2. The third kappa shape index (κ3) is 2.78. The first-order valence-electron chi connectivity index (χ1n) is 6.03. The number of aryl methyl sites for hydroxylation is 2. The fourth-order valence-electron chi connectivity index (χ4n) is 1.88. The summed E-state index contributed by atoms with van der Waals surface area (Å²) in [5.74, 6) is -0.0827. The molecule has 2 N–H and O–H groups in total. The second kappa shape index (κ2) is 5.05. The van der Waals surface area contributed by atoms with Crippen molar-refractivity contribution in [2.75, 3.05) is 5.73 Å². The molecule has 0 fully saturated rings. The van der Waals surface area contributed by atoms with Gasteiger partial charge in [0.25, 0.3) is 0 Å². The maximum atomic E-state index is 12.4. The van der Waals surface area contributed by atoms with Crippen molar-refractivity contribution in [2.45, 2.75) is 31.0 Å². The van der Waals surface area contributed by atoms with E-state index in [1.54, 1.807) is 42.2 Å². The van der Waals surface area contributed by atoms with Crippen molar-refractivity contribution >= 4 is 15.5 Å². The number of aromatic nitrogens is 2. The lowest BCUT2D eigenvalue weighted by Crippen LogP contribution is -2.08. The molecule has 1 aromatic carbocycles. The molecule has 0 amide bonds. The van der Waals surface area contributed by atoms with Crippen LogP contribution < -0.4 is 5.73 Å². The van der Waals surface area contributed by atoms with Crippen LogP contribution in [0.3, 0.4) is 0 Å². The summed E-state index contributed by atoms with van der Waals surface area (Å²) in [7, 11) is -3.44. The van der Waals surface area contributed by atoms with E-state index in [2.05, 4.69) is 5.10 Å². The zero-order chi connectivity index (χ0) is 14.0. The molecule has 0 radical (unpaired) electrons. The molecule has 0 saturated heterocycles. The van der Waals surface area contributed by atoms with Crippen LogP contribution in [0.25, 0.3) is 0 Å². The van der Waals surface area contributed by atoms with E-state index >= 15 is 0 Å². The smallest absolute Gasteiger partial charge is 0.184 e. The minimum absolute atomic E-state index is 0.0827. The van der Waals surface area contributed by atoms with Gasteiger partial charge in [0.15, 0.2) is 9.84 Å². The van der Waals surface area contributed by atoms with Crippen LogP contribution in [0.5, 0.6) is 0 Å². The second-order valence-corrected chi connectivity index (χ2v) is 6.41. The highest BCUT2D eigenvalue weighted by Crippen LogP contribution is 2.24. The van der Waals surface area contributed by atoms with Gasteiger partial charge in [0, 0.05) is 18.3 Å². The fourth-order valence-corrected chi connectivity index (χ4v) is 3.40. The van der Waals surface area contributed by atoms with Gasteiger partial charge in [-0.1, -0.05) is 12.1 Å². The van der Waals surface area contributed by atoms with E-state index in [1.165, 1.54) is 0 Å². The largest absolute Gasteiger partial charge is 0.397 e. The third-order valence-electron chi connectivity index (χ3n) is 2.99. The minimum Gasteiger partial charge on any atom is -0.397 e. The van der Waals surface area contributed by atoms with Crippen molar-refractivity contribution in [3.05, 3.63) is 41.7 Å². The number of hydrogen-bond donors (Lipinski definition) is 1. The van der Waals surface area contributed by atoms with E-state index in [4.69, 9.17) is 5.73 Å². The molecule has 102 valence electrons. The Balaban J connectivity index is 2.35. The Hall–Kier alpha value is -1.82. The van der Waals surface area contributed by atoms with E-state index in [0.29, 0.717) is 17.8 Å². The first-order chi connectivity index (χ1) is 8.94. The number of sulfone groups is 1. The molecule has 0 bridgehead atoms. The van der Waals surface area contributed by atoms with Crippen LogP contribution >= 0.6 is 0 Å². The van der Waals surface area contributed by atoms with E-state index in [-0.39, 0.29) is 10.6 Å². The molecule has 0 aliphatic carbocycles. The van der Waals surface area contributed by atoms with Crippen LogP contribution in [0.4, 0.5) is 5.69 Å². The monoisotopic (exact) mass is 279 g/mol. The first kappa shape index (κ1) is 13.6. The molecule has 0 aliphatic rings. The molecule has 19 heavy (non-hydrogen) atoms. The van der Waals surface area contributed by atoms with Crippen molar-refractivity contribution in [3.63, 3.8) is 0 Å². The Kier molecular flexibility index (Phi) is 3.61. The summed E-state index contributed by atoms with van der Waals surface area (Å²) >= 11 is 0. The topological polar surface area (TPSA) is 78.0 Å². The summed E-state index contributed by atoms with van der Waals surface area (Å²) in [6, 6.07) is 5.04. The Morgan fingerprint density at radius 3 is 2.74 bits per heavy atom. The van der Waals surface area contributed by atoms with Gasteiger partial charge in [0.2, 0.25) is 0 Å². The molecular weight excluding hydrogens is 262 g/mol. The molecule has 2 aromatic rings. The van der Waals surface area contributed by atoms with Gasteiger partial charge in [-0.15, -0.1) is 0 Å². The summed E-state index contributed by atoms with van der Waals surface area (Å²) < 4.78 is 26.4. The Morgan fingerprint density at radius 1 is 1.37 bits per heavy atom. The van der Waals surface area contributed by atoms with Gasteiger partial charge < -0.3 is 5.73 Å². The summed E-state index contributed by atoms with van der Waals surface area (Å²) in [4.78, 5) is 0.191. The molecule has 6 heteroatoms. The van der Waals surface area contributed by atoms with Crippen molar-refractivity contribution in [3.8, 4) is 0 Å². The van der Waals surface area contributed by atoms with E-state index in [0.717, 1.165) is 5.56 Å². The number of anilines is 1. The number of nitrogen functional groups attached to an aromatic ring is 1. The van der Waals surface area contributed by atoms with Crippen LogP contribution in [0.2, 0.25) is 0 Å². The van der Waals surface area contributed by atoms with Gasteiger partial charge in [-0.25, -0.2) is 8.42 Å². The molecule has 0 saturated carbocycles. The molecular formula is C13H17N3O2S. The third-order valence-corrected chi connectivity index (χ3v) is 4.73. The normalized spacial score (nSPS) is 11.7. The predicted molar refractivity (Wildman–Crippen MR) is 74.4 cm³/mol. The van der Waals surface area contributed by atoms with Gasteiger partial charge in [-0.3, -0.25) is 4.68 Å². The van der Waals surface area contributed by atoms with E-state index in [9.17, 15) is 8.42 Å². The molecule has 1 aromatic heterocycles. The predicted octanol–water partition coefficient (Wildman–Crippen LogP) is 1.77. The summed E-state index contributed by atoms with van der Waals surface area (Å²) in [6.45, 7) is 4.46. The SMILES string of the molecule is CCn1cc(CS(=O)(=O)c2cccc(C)c2N)cn1. The zero-order valence-corrected chi connectivity index (χ0v) is 11.8. The van der Waals surface area contributed by atoms with Crippen molar-refractivity contribution in [2.24, 2.45) is 0 Å². The van der Waals surface area contributed by atoms with Crippen LogP contribution in [-0.4, -0.2) is 18.2 Å². The highest BCUT2D eigenvalue weighted by atomic mass is 32.2. The number of rotatable bonds is 4. The Morgan fingerprint density at radius 2 is 2.11 bits per heavy atom. The van der Waals surface area contributed by atoms with E-state index in [1.807, 2.05) is 6.92 Å². The lowest BCUT2D eigenvalue weighted by molar-refractivity contribution is 0.595. The number of hydrogen-bond acceptors (Lipinski definition) is 4. The highest BCUT2D eigenvalue weighted by molar-refractivity contribution is 7.90. The second-order valence-electron chi connectivity index (χ2n) is 4.45. The Labute approximate surface area is 113 Å². The average molecular weight is 279 g/mol. The summed E-state index contributed by atoms with van der Waals surface area (Å²) in [5.41, 5.74) is 7.62. The maximum absolute atomic E-state index is 12.4. The molecule has 0 unspecified atom stereocenters. The van der Waals surface area contributed by atoms with Gasteiger partial charge in [0.1, 0.15) is 0 Å². The van der Waals surface area contributed by atoms with Crippen molar-refractivity contribution in [1.82, 2.24) is 9.78 Å². The molecule has 0 spiro atoms. The molecule has 5 nitrogen and oxygen atoms in total. The molecule has 0 aliphatic heterocycles. The van der Waals surface area contributed by atoms with Gasteiger partial charge in [-0.2, -0.15) is 5.10 Å². The average Bonchev–Trinajstić information content (AvgIpc) is 2.79. The maximum Gasteiger partial charge on any atom is 0.184 e. The van der Waals surface area contributed by atoms with Gasteiger partial charge >= 0.3 is 0 Å². The first-order valence-corrected chi connectivity index (χ1v) is 7.68. The van der Waals surface area contributed by atoms with Gasteiger partial charge in [-0.05, 0) is 25.5 Å². The van der Waals surface area contributed by atoms with Crippen LogP contribution in [0.1, 0.15) is 18.1 Å². The molecule has 0 atom stereocenters. The number of benzene rings is 1. The van der Waals surface area contributed by atoms with E-state index < -0.39 is 9.84 Å². The number of para-hydroxylation sites is 1. The van der Waals surface area contributed by atoms with Gasteiger partial charge in [0.05, 0.1) is 22.5 Å². The van der Waals surface area contributed by atoms with Crippen LogP contribution in [0, 0.1) is 6.92 Å².